The number of rotatable bonds is 2. The largest absolute Gasteiger partial charge is 0.317 e. The lowest BCUT2D eigenvalue weighted by Gasteiger charge is -2.31. The zero-order valence-corrected chi connectivity index (χ0v) is 10.1. The predicted octanol–water partition coefficient (Wildman–Crippen LogP) is 3.45. The van der Waals surface area contributed by atoms with E-state index in [-0.39, 0.29) is 11.8 Å². The maximum absolute atomic E-state index is 14.0. The molecule has 1 fully saturated rings. The first-order valence-corrected chi connectivity index (χ1v) is 5.90. The van der Waals surface area contributed by atoms with Gasteiger partial charge in [-0.15, -0.1) is 0 Å². The van der Waals surface area contributed by atoms with Crippen molar-refractivity contribution < 1.29 is 8.78 Å². The van der Waals surface area contributed by atoms with Gasteiger partial charge in [0.05, 0.1) is 0 Å². The van der Waals surface area contributed by atoms with Gasteiger partial charge in [-0.25, -0.2) is 8.78 Å². The fourth-order valence-electron chi connectivity index (χ4n) is 2.29. The summed E-state index contributed by atoms with van der Waals surface area (Å²) in [6.45, 7) is 7.29. The van der Waals surface area contributed by atoms with Gasteiger partial charge in [0.15, 0.2) is 0 Å². The fourth-order valence-corrected chi connectivity index (χ4v) is 2.29. The molecule has 0 aliphatic carbocycles. The van der Waals surface area contributed by atoms with Crippen LogP contribution in [0.1, 0.15) is 46.5 Å². The first kappa shape index (κ1) is 12.9. The molecule has 0 aromatic heterocycles. The molecule has 0 saturated carbocycles. The molecular weight excluding hydrogens is 196 g/mol. The van der Waals surface area contributed by atoms with E-state index in [2.05, 4.69) is 5.32 Å². The molecule has 90 valence electrons. The van der Waals surface area contributed by atoms with Crippen molar-refractivity contribution in [1.29, 1.82) is 0 Å². The molecular formula is C12H23F2N. The van der Waals surface area contributed by atoms with Crippen LogP contribution in [0.3, 0.4) is 0 Å². The van der Waals surface area contributed by atoms with Gasteiger partial charge in [-0.1, -0.05) is 20.8 Å². The lowest BCUT2D eigenvalue weighted by molar-refractivity contribution is -0.0907. The molecule has 1 atom stereocenters. The monoisotopic (exact) mass is 219 g/mol. The Hall–Kier alpha value is -0.180. The second-order valence-corrected chi connectivity index (χ2v) is 5.88. The molecule has 15 heavy (non-hydrogen) atoms. The van der Waals surface area contributed by atoms with Crippen molar-refractivity contribution in [2.24, 2.45) is 11.3 Å². The predicted molar refractivity (Wildman–Crippen MR) is 59.2 cm³/mol. The molecule has 0 spiro atoms. The normalized spacial score (nSPS) is 25.0. The molecule has 0 aromatic rings. The summed E-state index contributed by atoms with van der Waals surface area (Å²) in [5.41, 5.74) is -0.288. The van der Waals surface area contributed by atoms with Gasteiger partial charge in [0, 0.05) is 12.3 Å². The number of alkyl halides is 2. The van der Waals surface area contributed by atoms with Gasteiger partial charge in [-0.05, 0) is 37.8 Å². The van der Waals surface area contributed by atoms with Crippen LogP contribution in [0, 0.1) is 11.3 Å². The van der Waals surface area contributed by atoms with E-state index >= 15 is 0 Å². The Morgan fingerprint density at radius 3 is 2.40 bits per heavy atom. The third-order valence-corrected chi connectivity index (χ3v) is 2.94. The lowest BCUT2D eigenvalue weighted by atomic mass is 9.81. The van der Waals surface area contributed by atoms with Gasteiger partial charge in [-0.3, -0.25) is 0 Å². The summed E-state index contributed by atoms with van der Waals surface area (Å²) < 4.78 is 27.9. The summed E-state index contributed by atoms with van der Waals surface area (Å²) in [6.07, 6.45) is 2.16. The molecule has 3 heteroatoms. The van der Waals surface area contributed by atoms with Crippen LogP contribution in [0.2, 0.25) is 0 Å². The van der Waals surface area contributed by atoms with Gasteiger partial charge in [0.2, 0.25) is 0 Å². The molecule has 1 aliphatic heterocycles. The van der Waals surface area contributed by atoms with E-state index in [1.807, 2.05) is 20.8 Å². The zero-order chi connectivity index (χ0) is 11.5. The molecule has 0 amide bonds. The van der Waals surface area contributed by atoms with Crippen molar-refractivity contribution >= 4 is 0 Å². The van der Waals surface area contributed by atoms with Crippen LogP contribution < -0.4 is 5.32 Å². The minimum absolute atomic E-state index is 0.00463. The van der Waals surface area contributed by atoms with Crippen molar-refractivity contribution in [1.82, 2.24) is 5.32 Å². The second kappa shape index (κ2) is 4.77. The Balaban J connectivity index is 2.57. The van der Waals surface area contributed by atoms with Crippen LogP contribution in [0.25, 0.3) is 0 Å². The highest BCUT2D eigenvalue weighted by Crippen LogP contribution is 2.40. The Morgan fingerprint density at radius 2 is 1.80 bits per heavy atom. The molecule has 1 N–H and O–H groups in total. The first-order valence-electron chi connectivity index (χ1n) is 5.90. The van der Waals surface area contributed by atoms with E-state index < -0.39 is 11.8 Å². The molecule has 0 bridgehead atoms. The molecule has 1 heterocycles. The van der Waals surface area contributed by atoms with Crippen LogP contribution >= 0.6 is 0 Å². The average Bonchev–Trinajstić information content (AvgIpc) is 2.25. The van der Waals surface area contributed by atoms with Gasteiger partial charge >= 0.3 is 0 Å². The smallest absolute Gasteiger partial charge is 0.251 e. The standard InChI is InChI=1S/C12H23F2N/c1-11(2,3)9-12(13,14)10-5-4-7-15-8-6-10/h10,15H,4-9H2,1-3H3. The van der Waals surface area contributed by atoms with Crippen LogP contribution in [-0.4, -0.2) is 19.0 Å². The summed E-state index contributed by atoms with van der Waals surface area (Å²) in [4.78, 5) is 0. The second-order valence-electron chi connectivity index (χ2n) is 5.88. The van der Waals surface area contributed by atoms with Crippen molar-refractivity contribution in [2.45, 2.75) is 52.4 Å². The number of halogens is 2. The summed E-state index contributed by atoms with van der Waals surface area (Å²) in [5, 5.41) is 3.18. The van der Waals surface area contributed by atoms with E-state index in [9.17, 15) is 8.78 Å². The Kier molecular flexibility index (Phi) is 4.10. The van der Waals surface area contributed by atoms with Gasteiger partial charge in [0.1, 0.15) is 0 Å². The highest BCUT2D eigenvalue weighted by atomic mass is 19.3. The van der Waals surface area contributed by atoms with E-state index in [4.69, 9.17) is 0 Å². The lowest BCUT2D eigenvalue weighted by Crippen LogP contribution is -2.33. The number of hydrogen-bond acceptors (Lipinski definition) is 1. The Bertz CT molecular complexity index is 188. The van der Waals surface area contributed by atoms with Crippen molar-refractivity contribution in [3.8, 4) is 0 Å². The number of nitrogens with one attached hydrogen (secondary N) is 1. The van der Waals surface area contributed by atoms with Gasteiger partial charge in [0.25, 0.3) is 5.92 Å². The maximum Gasteiger partial charge on any atom is 0.251 e. The molecule has 1 rings (SSSR count). The maximum atomic E-state index is 14.0. The molecule has 0 aromatic carbocycles. The van der Waals surface area contributed by atoms with Crippen LogP contribution in [0.15, 0.2) is 0 Å². The van der Waals surface area contributed by atoms with Crippen LogP contribution in [0.5, 0.6) is 0 Å². The van der Waals surface area contributed by atoms with E-state index in [1.165, 1.54) is 0 Å². The van der Waals surface area contributed by atoms with Crippen molar-refractivity contribution in [2.75, 3.05) is 13.1 Å². The molecule has 1 aliphatic rings. The van der Waals surface area contributed by atoms with Gasteiger partial charge < -0.3 is 5.32 Å². The number of hydrogen-bond donors (Lipinski definition) is 1. The Morgan fingerprint density at radius 1 is 1.13 bits per heavy atom. The highest BCUT2D eigenvalue weighted by Gasteiger charge is 2.41. The summed E-state index contributed by atoms with van der Waals surface area (Å²) in [7, 11) is 0. The third kappa shape index (κ3) is 4.45. The molecule has 0 radical (unpaired) electrons. The SMILES string of the molecule is CC(C)(C)CC(F)(F)C1CCCNCC1. The first-order chi connectivity index (χ1) is 6.81. The van der Waals surface area contributed by atoms with E-state index in [1.54, 1.807) is 0 Å². The Labute approximate surface area is 91.6 Å². The quantitative estimate of drug-likeness (QED) is 0.750. The third-order valence-electron chi connectivity index (χ3n) is 2.94. The minimum atomic E-state index is -2.50. The average molecular weight is 219 g/mol. The van der Waals surface area contributed by atoms with E-state index in [0.717, 1.165) is 19.5 Å². The minimum Gasteiger partial charge on any atom is -0.317 e. The van der Waals surface area contributed by atoms with Crippen molar-refractivity contribution in [3.63, 3.8) is 0 Å². The highest BCUT2D eigenvalue weighted by molar-refractivity contribution is 4.84. The topological polar surface area (TPSA) is 12.0 Å². The zero-order valence-electron chi connectivity index (χ0n) is 10.1. The molecule has 1 nitrogen and oxygen atoms in total. The summed E-state index contributed by atoms with van der Waals surface area (Å²) in [5.74, 6) is -2.92. The van der Waals surface area contributed by atoms with Crippen LogP contribution in [0.4, 0.5) is 8.78 Å². The van der Waals surface area contributed by atoms with E-state index in [0.29, 0.717) is 12.8 Å². The molecule has 1 saturated heterocycles. The van der Waals surface area contributed by atoms with Crippen LogP contribution in [-0.2, 0) is 0 Å². The fraction of sp³-hybridized carbons (Fsp3) is 1.00. The van der Waals surface area contributed by atoms with Gasteiger partial charge in [-0.2, -0.15) is 0 Å². The molecule has 1 unspecified atom stereocenters. The summed E-state index contributed by atoms with van der Waals surface area (Å²) in [6, 6.07) is 0. The summed E-state index contributed by atoms with van der Waals surface area (Å²) >= 11 is 0. The van der Waals surface area contributed by atoms with Crippen molar-refractivity contribution in [3.05, 3.63) is 0 Å².